The predicted octanol–water partition coefficient (Wildman–Crippen LogP) is 0.340. The summed E-state index contributed by atoms with van der Waals surface area (Å²) in [5.41, 5.74) is 5.08. The summed E-state index contributed by atoms with van der Waals surface area (Å²) in [6, 6.07) is 4.89. The summed E-state index contributed by atoms with van der Waals surface area (Å²) in [7, 11) is -2.64. The number of hydrogen-bond donors (Lipinski definition) is 3. The van der Waals surface area contributed by atoms with Crippen LogP contribution in [0.4, 0.5) is 8.78 Å². The highest BCUT2D eigenvalue weighted by Gasteiger charge is 2.29. The first-order valence-electron chi connectivity index (χ1n) is 5.61. The van der Waals surface area contributed by atoms with Crippen LogP contribution in [0.1, 0.15) is 10.4 Å². The van der Waals surface area contributed by atoms with Gasteiger partial charge in [0, 0.05) is 12.6 Å². The number of carbonyl (C=O) groups is 1. The van der Waals surface area contributed by atoms with Crippen LogP contribution in [0.5, 0.6) is 0 Å². The first-order valence-corrected chi connectivity index (χ1v) is 7.10. The Bertz CT molecular complexity index is 579. The van der Waals surface area contributed by atoms with Crippen molar-refractivity contribution in [2.45, 2.75) is 10.8 Å². The number of sulfonamides is 1. The first-order chi connectivity index (χ1) is 9.22. The largest absolute Gasteiger partial charge is 0.355 e. The molecule has 0 radical (unpaired) electrons. The summed E-state index contributed by atoms with van der Waals surface area (Å²) >= 11 is 0. The maximum absolute atomic E-state index is 12.9. The fourth-order valence-electron chi connectivity index (χ4n) is 1.29. The van der Waals surface area contributed by atoms with Crippen molar-refractivity contribution in [3.63, 3.8) is 0 Å². The Morgan fingerprint density at radius 2 is 1.81 bits per heavy atom. The highest BCUT2D eigenvalue weighted by Crippen LogP contribution is 2.14. The van der Waals surface area contributed by atoms with Gasteiger partial charge < -0.3 is 11.1 Å². The lowest BCUT2D eigenvalue weighted by Gasteiger charge is -2.14. The fourth-order valence-corrected chi connectivity index (χ4v) is 2.35. The maximum Gasteiger partial charge on any atom is 0.273 e. The molecule has 1 amide bonds. The molecule has 0 bridgehead atoms. The van der Waals surface area contributed by atoms with E-state index in [0.717, 1.165) is 12.1 Å². The van der Waals surface area contributed by atoms with E-state index < -0.39 is 29.0 Å². The summed E-state index contributed by atoms with van der Waals surface area (Å²) in [6.07, 6.45) is 0. The summed E-state index contributed by atoms with van der Waals surface area (Å²) in [4.78, 5) is 11.1. The van der Waals surface area contributed by atoms with E-state index in [1.807, 2.05) is 0 Å². The molecule has 0 spiro atoms. The van der Waals surface area contributed by atoms with Crippen molar-refractivity contribution in [1.82, 2.24) is 10.0 Å². The van der Waals surface area contributed by atoms with Crippen molar-refractivity contribution in [2.75, 3.05) is 20.1 Å². The summed E-state index contributed by atoms with van der Waals surface area (Å²) in [6.45, 7) is -2.03. The SMILES string of the molecule is CNC(=O)c1ccc(S(=O)(=O)NCC(F)(F)CN)cc1.Cl. The highest BCUT2D eigenvalue weighted by atomic mass is 35.5. The van der Waals surface area contributed by atoms with E-state index in [9.17, 15) is 22.0 Å². The van der Waals surface area contributed by atoms with E-state index in [1.54, 1.807) is 4.72 Å². The molecule has 1 rings (SSSR count). The molecule has 0 saturated carbocycles. The second-order valence-corrected chi connectivity index (χ2v) is 5.76. The molecule has 1 aromatic rings. The van der Waals surface area contributed by atoms with Gasteiger partial charge in [-0.1, -0.05) is 0 Å². The Morgan fingerprint density at radius 1 is 1.29 bits per heavy atom. The molecule has 0 unspecified atom stereocenters. The molecule has 0 heterocycles. The van der Waals surface area contributed by atoms with E-state index in [4.69, 9.17) is 5.73 Å². The van der Waals surface area contributed by atoms with E-state index in [0.29, 0.717) is 0 Å². The van der Waals surface area contributed by atoms with Crippen molar-refractivity contribution >= 4 is 28.3 Å². The molecule has 0 aliphatic rings. The Kier molecular flexibility index (Phi) is 7.17. The molecule has 0 atom stereocenters. The Hall–Kier alpha value is -1.29. The van der Waals surface area contributed by atoms with E-state index in [2.05, 4.69) is 5.32 Å². The Labute approximate surface area is 127 Å². The van der Waals surface area contributed by atoms with Crippen LogP contribution in [0.2, 0.25) is 0 Å². The van der Waals surface area contributed by atoms with Gasteiger partial charge in [-0.05, 0) is 24.3 Å². The first kappa shape index (κ1) is 19.7. The number of benzene rings is 1. The maximum atomic E-state index is 12.9. The van der Waals surface area contributed by atoms with Gasteiger partial charge in [-0.2, -0.15) is 0 Å². The van der Waals surface area contributed by atoms with Gasteiger partial charge in [0.05, 0.1) is 18.0 Å². The summed E-state index contributed by atoms with van der Waals surface area (Å²) in [5.74, 6) is -3.69. The van der Waals surface area contributed by atoms with Crippen LogP contribution in [-0.4, -0.2) is 40.4 Å². The van der Waals surface area contributed by atoms with Crippen molar-refractivity contribution < 1.29 is 22.0 Å². The van der Waals surface area contributed by atoms with Crippen LogP contribution in [-0.2, 0) is 10.0 Å². The molecule has 0 saturated heterocycles. The number of nitrogens with two attached hydrogens (primary N) is 1. The van der Waals surface area contributed by atoms with Crippen LogP contribution in [0, 0.1) is 0 Å². The third kappa shape index (κ3) is 5.54. The van der Waals surface area contributed by atoms with Crippen LogP contribution in [0.3, 0.4) is 0 Å². The Balaban J connectivity index is 0.00000400. The number of carbonyl (C=O) groups excluding carboxylic acids is 1. The lowest BCUT2D eigenvalue weighted by atomic mass is 10.2. The number of nitrogens with one attached hydrogen (secondary N) is 2. The Morgan fingerprint density at radius 3 is 2.24 bits per heavy atom. The van der Waals surface area contributed by atoms with Crippen molar-refractivity contribution in [3.05, 3.63) is 29.8 Å². The molecule has 4 N–H and O–H groups in total. The number of hydrogen-bond acceptors (Lipinski definition) is 4. The highest BCUT2D eigenvalue weighted by molar-refractivity contribution is 7.89. The van der Waals surface area contributed by atoms with E-state index in [-0.39, 0.29) is 28.8 Å². The molecule has 0 aliphatic carbocycles. The zero-order valence-corrected chi connectivity index (χ0v) is 12.7. The standard InChI is InChI=1S/C11H15F2N3O3S.ClH/c1-15-10(17)8-2-4-9(5-3-8)20(18,19)16-7-11(12,13)6-14;/h2-5,16H,6-7,14H2,1H3,(H,15,17);1H. The fraction of sp³-hybridized carbons (Fsp3) is 0.364. The topological polar surface area (TPSA) is 101 Å². The minimum atomic E-state index is -4.07. The van der Waals surface area contributed by atoms with Gasteiger partial charge in [-0.15, -0.1) is 12.4 Å². The second-order valence-electron chi connectivity index (χ2n) is 3.99. The third-order valence-electron chi connectivity index (χ3n) is 2.47. The zero-order valence-electron chi connectivity index (χ0n) is 11.1. The van der Waals surface area contributed by atoms with Crippen molar-refractivity contribution in [1.29, 1.82) is 0 Å². The average molecular weight is 344 g/mol. The van der Waals surface area contributed by atoms with Gasteiger partial charge in [0.1, 0.15) is 0 Å². The minimum absolute atomic E-state index is 0. The molecule has 1 aromatic carbocycles. The molecule has 120 valence electrons. The van der Waals surface area contributed by atoms with Gasteiger partial charge in [0.2, 0.25) is 10.0 Å². The molecule has 6 nitrogen and oxygen atoms in total. The smallest absolute Gasteiger partial charge is 0.273 e. The molecule has 21 heavy (non-hydrogen) atoms. The normalized spacial score (nSPS) is 11.6. The average Bonchev–Trinajstić information content (AvgIpc) is 2.45. The van der Waals surface area contributed by atoms with E-state index in [1.165, 1.54) is 19.2 Å². The van der Waals surface area contributed by atoms with Crippen molar-refractivity contribution in [2.24, 2.45) is 5.73 Å². The molecule has 0 aliphatic heterocycles. The van der Waals surface area contributed by atoms with Gasteiger partial charge in [-0.25, -0.2) is 21.9 Å². The van der Waals surface area contributed by atoms with Crippen LogP contribution in [0.25, 0.3) is 0 Å². The molecule has 0 aromatic heterocycles. The van der Waals surface area contributed by atoms with Gasteiger partial charge in [0.25, 0.3) is 11.8 Å². The molecule has 0 fully saturated rings. The number of rotatable bonds is 6. The summed E-state index contributed by atoms with van der Waals surface area (Å²) < 4.78 is 51.1. The zero-order chi connectivity index (χ0) is 15.4. The number of amides is 1. The monoisotopic (exact) mass is 343 g/mol. The van der Waals surface area contributed by atoms with Gasteiger partial charge in [-0.3, -0.25) is 4.79 Å². The van der Waals surface area contributed by atoms with Crippen LogP contribution in [0.15, 0.2) is 29.2 Å². The molecular formula is C11H16ClF2N3O3S. The molecule has 10 heteroatoms. The van der Waals surface area contributed by atoms with Gasteiger partial charge in [0.15, 0.2) is 0 Å². The van der Waals surface area contributed by atoms with Crippen molar-refractivity contribution in [3.8, 4) is 0 Å². The van der Waals surface area contributed by atoms with Crippen LogP contribution < -0.4 is 15.8 Å². The second kappa shape index (κ2) is 7.64. The predicted molar refractivity (Wildman–Crippen MR) is 76.3 cm³/mol. The molecular weight excluding hydrogens is 328 g/mol. The van der Waals surface area contributed by atoms with Crippen LogP contribution >= 0.6 is 12.4 Å². The number of halogens is 3. The van der Waals surface area contributed by atoms with E-state index >= 15 is 0 Å². The number of alkyl halides is 2. The minimum Gasteiger partial charge on any atom is -0.355 e. The quantitative estimate of drug-likeness (QED) is 0.693. The van der Waals surface area contributed by atoms with Gasteiger partial charge >= 0.3 is 0 Å². The summed E-state index contributed by atoms with van der Waals surface area (Å²) in [5, 5.41) is 2.38. The third-order valence-corrected chi connectivity index (χ3v) is 3.89. The lowest BCUT2D eigenvalue weighted by molar-refractivity contribution is 0.0170. The lowest BCUT2D eigenvalue weighted by Crippen LogP contribution is -2.41.